The third kappa shape index (κ3) is 3.60. The monoisotopic (exact) mass is 429 g/mol. The largest absolute Gasteiger partial charge is 0.507 e. The Labute approximate surface area is 186 Å². The number of hydrogen-bond donors (Lipinski definition) is 1. The second-order valence-corrected chi connectivity index (χ2v) is 7.49. The highest BCUT2D eigenvalue weighted by atomic mass is 16.5. The fraction of sp³-hybridized carbons (Fsp3) is 0.154. The normalized spacial score (nSPS) is 17.5. The first-order valence-electron chi connectivity index (χ1n) is 10.1. The number of amides is 1. The van der Waals surface area contributed by atoms with E-state index < -0.39 is 17.7 Å². The van der Waals surface area contributed by atoms with E-state index in [9.17, 15) is 14.7 Å². The maximum Gasteiger partial charge on any atom is 0.300 e. The average molecular weight is 429 g/mol. The van der Waals surface area contributed by atoms with Crippen LogP contribution in [0, 0.1) is 6.92 Å². The van der Waals surface area contributed by atoms with Crippen molar-refractivity contribution in [3.63, 3.8) is 0 Å². The van der Waals surface area contributed by atoms with E-state index >= 15 is 0 Å². The zero-order valence-electron chi connectivity index (χ0n) is 18.0. The van der Waals surface area contributed by atoms with Crippen molar-refractivity contribution in [2.24, 2.45) is 0 Å². The van der Waals surface area contributed by atoms with E-state index in [1.165, 1.54) is 19.1 Å². The molecule has 0 aromatic heterocycles. The lowest BCUT2D eigenvalue weighted by molar-refractivity contribution is -0.132. The summed E-state index contributed by atoms with van der Waals surface area (Å²) in [5.41, 5.74) is 2.71. The Bertz CT molecular complexity index is 1200. The summed E-state index contributed by atoms with van der Waals surface area (Å²) in [5.74, 6) is -0.812. The van der Waals surface area contributed by atoms with Gasteiger partial charge in [0.15, 0.2) is 11.5 Å². The number of nitrogens with zero attached hydrogens (tertiary/aromatic N) is 1. The number of aryl methyl sites for hydroxylation is 1. The molecule has 0 radical (unpaired) electrons. The minimum atomic E-state index is -0.771. The molecule has 162 valence electrons. The molecule has 3 aromatic rings. The topological polar surface area (TPSA) is 76.1 Å². The lowest BCUT2D eigenvalue weighted by Crippen LogP contribution is -2.29. The van der Waals surface area contributed by atoms with Crippen LogP contribution >= 0.6 is 0 Å². The number of anilines is 1. The first-order chi connectivity index (χ1) is 15.5. The van der Waals surface area contributed by atoms with E-state index in [2.05, 4.69) is 0 Å². The van der Waals surface area contributed by atoms with Crippen LogP contribution in [0.1, 0.15) is 22.7 Å². The number of ether oxygens (including phenoxy) is 2. The van der Waals surface area contributed by atoms with Crippen LogP contribution in [0.2, 0.25) is 0 Å². The van der Waals surface area contributed by atoms with Crippen molar-refractivity contribution in [3.05, 3.63) is 95.1 Å². The predicted octanol–water partition coefficient (Wildman–Crippen LogP) is 4.64. The molecule has 0 saturated carbocycles. The molecule has 6 nitrogen and oxygen atoms in total. The summed E-state index contributed by atoms with van der Waals surface area (Å²) in [6.07, 6.45) is 0. The molecule has 1 atom stereocenters. The Morgan fingerprint density at radius 1 is 0.875 bits per heavy atom. The standard InChI is InChI=1S/C26H23NO5/c1-16-9-12-19(13-10-16)27-23(17-7-5-4-6-8-17)22(25(29)26(27)30)24(28)18-11-14-20(31-2)21(15-18)32-3/h4-15,23,28H,1-3H3/b24-22-. The Hall–Kier alpha value is -4.06. The van der Waals surface area contributed by atoms with Gasteiger partial charge in [-0.3, -0.25) is 14.5 Å². The third-order valence-electron chi connectivity index (χ3n) is 5.53. The summed E-state index contributed by atoms with van der Waals surface area (Å²) in [6.45, 7) is 1.95. The number of benzene rings is 3. The molecular formula is C26H23NO5. The highest BCUT2D eigenvalue weighted by Crippen LogP contribution is 2.42. The molecule has 0 bridgehead atoms. The number of aliphatic hydroxyl groups excluding tert-OH is 1. The highest BCUT2D eigenvalue weighted by Gasteiger charge is 2.46. The summed E-state index contributed by atoms with van der Waals surface area (Å²) in [4.78, 5) is 27.7. The highest BCUT2D eigenvalue weighted by molar-refractivity contribution is 6.51. The molecule has 3 aromatic carbocycles. The molecule has 1 aliphatic rings. The van der Waals surface area contributed by atoms with Crippen LogP contribution in [-0.2, 0) is 9.59 Å². The van der Waals surface area contributed by atoms with Gasteiger partial charge in [-0.25, -0.2) is 0 Å². The van der Waals surface area contributed by atoms with Crippen LogP contribution < -0.4 is 14.4 Å². The number of Topliss-reactive ketones (excluding diaryl/α,β-unsaturated/α-hetero) is 1. The SMILES string of the molecule is COc1ccc(/C(O)=C2/C(=O)C(=O)N(c3ccc(C)cc3)C2c2ccccc2)cc1OC. The van der Waals surface area contributed by atoms with E-state index in [0.29, 0.717) is 28.3 Å². The molecular weight excluding hydrogens is 406 g/mol. The Balaban J connectivity index is 1.92. The van der Waals surface area contributed by atoms with Crippen molar-refractivity contribution in [2.45, 2.75) is 13.0 Å². The molecule has 1 amide bonds. The van der Waals surface area contributed by atoms with Gasteiger partial charge in [-0.2, -0.15) is 0 Å². The second kappa shape index (κ2) is 8.59. The average Bonchev–Trinajstić information content (AvgIpc) is 3.09. The first-order valence-corrected chi connectivity index (χ1v) is 10.1. The van der Waals surface area contributed by atoms with Crippen LogP contribution in [-0.4, -0.2) is 31.0 Å². The maximum absolute atomic E-state index is 13.2. The summed E-state index contributed by atoms with van der Waals surface area (Å²) in [6, 6.07) is 20.6. The number of aliphatic hydroxyl groups is 1. The molecule has 1 unspecified atom stereocenters. The van der Waals surface area contributed by atoms with Gasteiger partial charge in [0.05, 0.1) is 25.8 Å². The van der Waals surface area contributed by atoms with E-state index in [4.69, 9.17) is 9.47 Å². The fourth-order valence-corrected chi connectivity index (χ4v) is 3.89. The van der Waals surface area contributed by atoms with Gasteiger partial charge in [-0.05, 0) is 42.8 Å². The van der Waals surface area contributed by atoms with Crippen LogP contribution in [0.15, 0.2) is 78.4 Å². The van der Waals surface area contributed by atoms with E-state index in [-0.39, 0.29) is 11.3 Å². The summed E-state index contributed by atoms with van der Waals surface area (Å²) < 4.78 is 10.6. The van der Waals surface area contributed by atoms with E-state index in [1.54, 1.807) is 30.3 Å². The molecule has 1 fully saturated rings. The number of carbonyl (C=O) groups is 2. The zero-order chi connectivity index (χ0) is 22.8. The quantitative estimate of drug-likeness (QED) is 0.363. The molecule has 6 heteroatoms. The first kappa shape index (κ1) is 21.2. The number of rotatable bonds is 5. The molecule has 1 N–H and O–H groups in total. The number of hydrogen-bond acceptors (Lipinski definition) is 5. The fourth-order valence-electron chi connectivity index (χ4n) is 3.89. The summed E-state index contributed by atoms with van der Waals surface area (Å²) in [5, 5.41) is 11.2. The molecule has 1 saturated heterocycles. The van der Waals surface area contributed by atoms with Crippen molar-refractivity contribution < 1.29 is 24.2 Å². The third-order valence-corrected chi connectivity index (χ3v) is 5.53. The number of methoxy groups -OCH3 is 2. The van der Waals surface area contributed by atoms with Gasteiger partial charge >= 0.3 is 0 Å². The van der Waals surface area contributed by atoms with Gasteiger partial charge < -0.3 is 14.6 Å². The van der Waals surface area contributed by atoms with Crippen LogP contribution in [0.25, 0.3) is 5.76 Å². The summed E-state index contributed by atoms with van der Waals surface area (Å²) >= 11 is 0. The smallest absolute Gasteiger partial charge is 0.300 e. The maximum atomic E-state index is 13.2. The Morgan fingerprint density at radius 3 is 2.16 bits per heavy atom. The van der Waals surface area contributed by atoms with Crippen molar-refractivity contribution >= 4 is 23.1 Å². The molecule has 32 heavy (non-hydrogen) atoms. The lowest BCUT2D eigenvalue weighted by Gasteiger charge is -2.25. The van der Waals surface area contributed by atoms with Gasteiger partial charge in [0, 0.05) is 11.3 Å². The van der Waals surface area contributed by atoms with Crippen LogP contribution in [0.5, 0.6) is 11.5 Å². The number of carbonyl (C=O) groups excluding carboxylic acids is 2. The number of ketones is 1. The van der Waals surface area contributed by atoms with Crippen molar-refractivity contribution in [2.75, 3.05) is 19.1 Å². The summed E-state index contributed by atoms with van der Waals surface area (Å²) in [7, 11) is 3.00. The minimum Gasteiger partial charge on any atom is -0.507 e. The molecule has 4 rings (SSSR count). The van der Waals surface area contributed by atoms with Crippen molar-refractivity contribution in [1.29, 1.82) is 0 Å². The molecule has 1 aliphatic heterocycles. The van der Waals surface area contributed by atoms with Gasteiger partial charge in [-0.15, -0.1) is 0 Å². The van der Waals surface area contributed by atoms with Gasteiger partial charge in [0.25, 0.3) is 11.7 Å². The van der Waals surface area contributed by atoms with E-state index in [1.807, 2.05) is 49.4 Å². The molecule has 0 aliphatic carbocycles. The second-order valence-electron chi connectivity index (χ2n) is 7.49. The van der Waals surface area contributed by atoms with Crippen molar-refractivity contribution in [3.8, 4) is 11.5 Å². The van der Waals surface area contributed by atoms with Gasteiger partial charge in [-0.1, -0.05) is 48.0 Å². The minimum absolute atomic E-state index is 0.0222. The Morgan fingerprint density at radius 2 is 1.53 bits per heavy atom. The zero-order valence-corrected chi connectivity index (χ0v) is 18.0. The predicted molar refractivity (Wildman–Crippen MR) is 122 cm³/mol. The van der Waals surface area contributed by atoms with E-state index in [0.717, 1.165) is 5.56 Å². The molecule has 0 spiro atoms. The van der Waals surface area contributed by atoms with Crippen molar-refractivity contribution in [1.82, 2.24) is 0 Å². The van der Waals surface area contributed by atoms with Gasteiger partial charge in [0.2, 0.25) is 0 Å². The van der Waals surface area contributed by atoms with Crippen LogP contribution in [0.4, 0.5) is 5.69 Å². The molecule has 1 heterocycles. The Kier molecular flexibility index (Phi) is 5.69. The van der Waals surface area contributed by atoms with Crippen LogP contribution in [0.3, 0.4) is 0 Å². The van der Waals surface area contributed by atoms with Gasteiger partial charge in [0.1, 0.15) is 5.76 Å². The lowest BCUT2D eigenvalue weighted by atomic mass is 9.95.